The molecule has 1 atom stereocenters. The molecule has 1 aromatic heterocycles. The monoisotopic (exact) mass is 386 g/mol. The molecular weight excluding hydrogens is 368 g/mol. The van der Waals surface area contributed by atoms with Crippen molar-refractivity contribution in [3.8, 4) is 5.75 Å². The lowest BCUT2D eigenvalue weighted by Gasteiger charge is -2.09. The highest BCUT2D eigenvalue weighted by Gasteiger charge is 2.12. The van der Waals surface area contributed by atoms with Crippen molar-refractivity contribution in [2.45, 2.75) is 12.4 Å². The topological polar surface area (TPSA) is 82.8 Å². The number of carbonyl (C=O) groups excluding carboxylic acids is 1. The van der Waals surface area contributed by atoms with Crippen LogP contribution in [0.1, 0.15) is 21.5 Å². The number of rotatable bonds is 6. The lowest BCUT2D eigenvalue weighted by Crippen LogP contribution is -2.08. The third-order valence-electron chi connectivity index (χ3n) is 3.93. The van der Waals surface area contributed by atoms with Crippen LogP contribution in [0.4, 0.5) is 0 Å². The molecule has 2 aromatic carbocycles. The van der Waals surface area contributed by atoms with Crippen molar-refractivity contribution < 1.29 is 22.9 Å². The van der Waals surface area contributed by atoms with E-state index in [0.29, 0.717) is 33.6 Å². The molecule has 0 bridgehead atoms. The molecule has 3 rings (SSSR count). The zero-order valence-electron chi connectivity index (χ0n) is 14.9. The molecule has 1 unspecified atom stereocenters. The fourth-order valence-electron chi connectivity index (χ4n) is 2.71. The predicted molar refractivity (Wildman–Crippen MR) is 102 cm³/mol. The lowest BCUT2D eigenvalue weighted by molar-refractivity contribution is 0.0473. The molecule has 7 heteroatoms. The summed E-state index contributed by atoms with van der Waals surface area (Å²) in [5, 5.41) is 0.665. The van der Waals surface area contributed by atoms with E-state index in [0.717, 1.165) is 5.56 Å². The summed E-state index contributed by atoms with van der Waals surface area (Å²) in [5.74, 6) is 0.409. The van der Waals surface area contributed by atoms with Crippen molar-refractivity contribution in [3.05, 3.63) is 75.6 Å². The van der Waals surface area contributed by atoms with Crippen molar-refractivity contribution in [3.63, 3.8) is 0 Å². The van der Waals surface area contributed by atoms with Gasteiger partial charge in [0, 0.05) is 45.9 Å². The number of fused-ring (bicyclic) bond motifs is 1. The van der Waals surface area contributed by atoms with Gasteiger partial charge in [0.25, 0.3) is 0 Å². The Labute approximate surface area is 158 Å². The van der Waals surface area contributed by atoms with Crippen LogP contribution in [-0.4, -0.2) is 23.5 Å². The van der Waals surface area contributed by atoms with Gasteiger partial charge in [-0.25, -0.2) is 9.59 Å². The van der Waals surface area contributed by atoms with Crippen molar-refractivity contribution >= 4 is 27.7 Å². The smallest absolute Gasteiger partial charge is 0.338 e. The van der Waals surface area contributed by atoms with Crippen LogP contribution in [0.3, 0.4) is 0 Å². The van der Waals surface area contributed by atoms with Gasteiger partial charge in [0.1, 0.15) is 17.9 Å². The molecule has 3 aromatic rings. The average Bonchev–Trinajstić information content (AvgIpc) is 2.64. The second-order valence-corrected chi connectivity index (χ2v) is 7.38. The number of hydrogen-bond donors (Lipinski definition) is 0. The summed E-state index contributed by atoms with van der Waals surface area (Å²) in [6.07, 6.45) is 1.60. The molecule has 0 aliphatic carbocycles. The summed E-state index contributed by atoms with van der Waals surface area (Å²) in [4.78, 5) is 24.1. The quantitative estimate of drug-likeness (QED) is 0.478. The van der Waals surface area contributed by atoms with Gasteiger partial charge in [-0.05, 0) is 29.8 Å². The van der Waals surface area contributed by atoms with Gasteiger partial charge in [-0.2, -0.15) is 0 Å². The largest absolute Gasteiger partial charge is 0.497 e. The average molecular weight is 386 g/mol. The Bertz CT molecular complexity index is 1070. The van der Waals surface area contributed by atoms with Gasteiger partial charge in [0.05, 0.1) is 12.7 Å². The Balaban J connectivity index is 1.81. The van der Waals surface area contributed by atoms with Crippen LogP contribution in [0, 0.1) is 0 Å². The fourth-order valence-corrected chi connectivity index (χ4v) is 3.36. The number of ether oxygens (including phenoxy) is 2. The molecule has 0 spiro atoms. The molecule has 0 fully saturated rings. The van der Waals surface area contributed by atoms with E-state index in [1.54, 1.807) is 42.7 Å². The standard InChI is InChI=1S/C20H18O6S/c1-24-16-6-7-17-15(9-19(21)26-18(17)10-16)11-25-20(22)14-5-3-4-13(8-14)12-27(2)23/h3-10H,11-12H2,1-2H3. The molecule has 0 radical (unpaired) electrons. The number of methoxy groups -OCH3 is 1. The maximum atomic E-state index is 12.4. The molecule has 140 valence electrons. The maximum Gasteiger partial charge on any atom is 0.338 e. The molecular formula is C20H18O6S. The van der Waals surface area contributed by atoms with Crippen LogP contribution >= 0.6 is 0 Å². The zero-order valence-corrected chi connectivity index (χ0v) is 15.7. The van der Waals surface area contributed by atoms with Crippen LogP contribution in [0.25, 0.3) is 11.0 Å². The van der Waals surface area contributed by atoms with Crippen molar-refractivity contribution in [1.82, 2.24) is 0 Å². The summed E-state index contributed by atoms with van der Waals surface area (Å²) in [5.41, 5.74) is 1.53. The summed E-state index contributed by atoms with van der Waals surface area (Å²) in [6.45, 7) is -0.0722. The SMILES string of the molecule is COc1ccc2c(COC(=O)c3cccc(CS(C)=O)c3)cc(=O)oc2c1. The van der Waals surface area contributed by atoms with E-state index in [2.05, 4.69) is 0 Å². The summed E-state index contributed by atoms with van der Waals surface area (Å²) in [6, 6.07) is 13.2. The highest BCUT2D eigenvalue weighted by molar-refractivity contribution is 7.83. The molecule has 1 heterocycles. The first-order chi connectivity index (χ1) is 13.0. The first-order valence-electron chi connectivity index (χ1n) is 8.13. The Morgan fingerprint density at radius 1 is 1.15 bits per heavy atom. The predicted octanol–water partition coefficient (Wildman–Crippen LogP) is 3.04. The number of hydrogen-bond acceptors (Lipinski definition) is 6. The fraction of sp³-hybridized carbons (Fsp3) is 0.200. The number of carbonyl (C=O) groups is 1. The molecule has 0 aliphatic heterocycles. The molecule has 0 amide bonds. The van der Waals surface area contributed by atoms with E-state index in [4.69, 9.17) is 13.9 Å². The van der Waals surface area contributed by atoms with Crippen molar-refractivity contribution in [1.29, 1.82) is 0 Å². The molecule has 0 N–H and O–H groups in total. The lowest BCUT2D eigenvalue weighted by atomic mass is 10.1. The Morgan fingerprint density at radius 2 is 1.96 bits per heavy atom. The minimum atomic E-state index is -1.00. The van der Waals surface area contributed by atoms with Gasteiger partial charge in [0.15, 0.2) is 0 Å². The highest BCUT2D eigenvalue weighted by atomic mass is 32.2. The minimum Gasteiger partial charge on any atom is -0.497 e. The number of esters is 1. The second-order valence-electron chi connectivity index (χ2n) is 5.95. The van der Waals surface area contributed by atoms with Crippen LogP contribution in [-0.2, 0) is 27.9 Å². The van der Waals surface area contributed by atoms with E-state index in [1.165, 1.54) is 13.2 Å². The van der Waals surface area contributed by atoms with E-state index < -0.39 is 22.4 Å². The summed E-state index contributed by atoms with van der Waals surface area (Å²) < 4.78 is 27.0. The molecule has 0 saturated heterocycles. The van der Waals surface area contributed by atoms with Gasteiger partial charge in [-0.1, -0.05) is 12.1 Å². The van der Waals surface area contributed by atoms with E-state index in [-0.39, 0.29) is 6.61 Å². The third-order valence-corrected chi connectivity index (χ3v) is 4.67. The Morgan fingerprint density at radius 3 is 2.70 bits per heavy atom. The minimum absolute atomic E-state index is 0.0722. The molecule has 6 nitrogen and oxygen atoms in total. The summed E-state index contributed by atoms with van der Waals surface area (Å²) >= 11 is 0. The van der Waals surface area contributed by atoms with Gasteiger partial charge >= 0.3 is 11.6 Å². The van der Waals surface area contributed by atoms with Crippen LogP contribution in [0.5, 0.6) is 5.75 Å². The molecule has 0 aliphatic rings. The van der Waals surface area contributed by atoms with Gasteiger partial charge in [-0.3, -0.25) is 4.21 Å². The second kappa shape index (κ2) is 8.18. The van der Waals surface area contributed by atoms with Crippen molar-refractivity contribution in [2.75, 3.05) is 13.4 Å². The van der Waals surface area contributed by atoms with E-state index in [1.807, 2.05) is 6.07 Å². The van der Waals surface area contributed by atoms with E-state index in [9.17, 15) is 13.8 Å². The number of benzene rings is 2. The maximum absolute atomic E-state index is 12.4. The van der Waals surface area contributed by atoms with Gasteiger partial charge in [0.2, 0.25) is 0 Å². The highest BCUT2D eigenvalue weighted by Crippen LogP contribution is 2.23. The molecule has 27 heavy (non-hydrogen) atoms. The normalized spacial score (nSPS) is 11.9. The Hall–Kier alpha value is -2.93. The van der Waals surface area contributed by atoms with Crippen LogP contribution in [0.15, 0.2) is 57.7 Å². The van der Waals surface area contributed by atoms with Crippen LogP contribution < -0.4 is 10.4 Å². The summed E-state index contributed by atoms with van der Waals surface area (Å²) in [7, 11) is 0.521. The van der Waals surface area contributed by atoms with Gasteiger partial charge in [-0.15, -0.1) is 0 Å². The van der Waals surface area contributed by atoms with Crippen LogP contribution in [0.2, 0.25) is 0 Å². The van der Waals surface area contributed by atoms with Crippen molar-refractivity contribution in [2.24, 2.45) is 0 Å². The first kappa shape index (κ1) is 18.8. The zero-order chi connectivity index (χ0) is 19.4. The van der Waals surface area contributed by atoms with E-state index >= 15 is 0 Å². The molecule has 0 saturated carbocycles. The van der Waals surface area contributed by atoms with Gasteiger partial charge < -0.3 is 13.9 Å². The third kappa shape index (κ3) is 4.62. The first-order valence-corrected chi connectivity index (χ1v) is 9.86. The Kier molecular flexibility index (Phi) is 5.71.